The highest BCUT2D eigenvalue weighted by Gasteiger charge is 2.36. The molecule has 1 saturated heterocycles. The largest absolute Gasteiger partial charge is 0.369 e. The zero-order valence-electron chi connectivity index (χ0n) is 15.4. The predicted octanol–water partition coefficient (Wildman–Crippen LogP) is 3.60. The van der Waals surface area contributed by atoms with Crippen molar-refractivity contribution in [2.45, 2.75) is 58.7 Å². The topological polar surface area (TPSA) is 55.6 Å². The summed E-state index contributed by atoms with van der Waals surface area (Å²) in [6.45, 7) is 8.49. The molecule has 0 saturated carbocycles. The summed E-state index contributed by atoms with van der Waals surface area (Å²) in [5.74, 6) is 0.958. The van der Waals surface area contributed by atoms with E-state index in [1.165, 1.54) is 0 Å². The molecule has 25 heavy (non-hydrogen) atoms. The highest BCUT2D eigenvalue weighted by molar-refractivity contribution is 5.77. The predicted molar refractivity (Wildman–Crippen MR) is 95.2 cm³/mol. The second kappa shape index (κ2) is 7.40. The molecule has 134 valence electrons. The summed E-state index contributed by atoms with van der Waals surface area (Å²) in [6.07, 6.45) is 1.03. The van der Waals surface area contributed by atoms with Gasteiger partial charge in [-0.2, -0.15) is 0 Å². The maximum absolute atomic E-state index is 12.9. The van der Waals surface area contributed by atoms with Gasteiger partial charge in [-0.25, -0.2) is 0 Å². The lowest BCUT2D eigenvalue weighted by Gasteiger charge is -2.44. The number of morpholine rings is 1. The van der Waals surface area contributed by atoms with Crippen LogP contribution in [-0.2, 0) is 16.0 Å². The van der Waals surface area contributed by atoms with Crippen LogP contribution >= 0.6 is 0 Å². The second-order valence-electron chi connectivity index (χ2n) is 6.86. The average molecular weight is 342 g/mol. The molecular formula is C20H26N2O3. The lowest BCUT2D eigenvalue weighted by atomic mass is 9.97. The maximum Gasteiger partial charge on any atom is 0.223 e. The molecule has 0 aliphatic carbocycles. The number of rotatable bonds is 4. The molecule has 5 heteroatoms. The van der Waals surface area contributed by atoms with Crippen molar-refractivity contribution >= 4 is 5.91 Å². The molecule has 0 radical (unpaired) electrons. The number of aromatic nitrogens is 1. The Morgan fingerprint density at radius 3 is 2.60 bits per heavy atom. The van der Waals surface area contributed by atoms with Gasteiger partial charge in [-0.15, -0.1) is 0 Å². The van der Waals surface area contributed by atoms with Crippen LogP contribution in [0.5, 0.6) is 0 Å². The summed E-state index contributed by atoms with van der Waals surface area (Å²) in [6, 6.07) is 10.2. The van der Waals surface area contributed by atoms with Gasteiger partial charge in [0.05, 0.1) is 24.4 Å². The first-order chi connectivity index (χ1) is 12.0. The minimum atomic E-state index is -0.0829. The Morgan fingerprint density at radius 1 is 1.24 bits per heavy atom. The van der Waals surface area contributed by atoms with E-state index in [0.717, 1.165) is 22.6 Å². The van der Waals surface area contributed by atoms with Crippen LogP contribution in [0.15, 0.2) is 34.9 Å². The quantitative estimate of drug-likeness (QED) is 0.852. The van der Waals surface area contributed by atoms with Crippen LogP contribution in [0.4, 0.5) is 0 Å². The average Bonchev–Trinajstić information content (AvgIpc) is 2.92. The summed E-state index contributed by atoms with van der Waals surface area (Å²) in [4.78, 5) is 14.9. The molecule has 3 atom stereocenters. The van der Waals surface area contributed by atoms with Crippen molar-refractivity contribution in [3.63, 3.8) is 0 Å². The number of hydrogen-bond acceptors (Lipinski definition) is 4. The smallest absolute Gasteiger partial charge is 0.223 e. The fourth-order valence-corrected chi connectivity index (χ4v) is 3.72. The van der Waals surface area contributed by atoms with Crippen LogP contribution in [0.25, 0.3) is 0 Å². The molecule has 1 aromatic heterocycles. The number of carbonyl (C=O) groups is 1. The van der Waals surface area contributed by atoms with Crippen LogP contribution in [0.2, 0.25) is 0 Å². The second-order valence-corrected chi connectivity index (χ2v) is 6.86. The van der Waals surface area contributed by atoms with Gasteiger partial charge in [0, 0.05) is 12.0 Å². The number of amides is 1. The molecule has 1 aliphatic rings. The molecule has 0 N–H and O–H groups in total. The normalized spacial score (nSPS) is 23.7. The van der Waals surface area contributed by atoms with Gasteiger partial charge >= 0.3 is 0 Å². The molecule has 1 aliphatic heterocycles. The number of ether oxygens (including phenoxy) is 1. The van der Waals surface area contributed by atoms with E-state index in [-0.39, 0.29) is 24.1 Å². The van der Waals surface area contributed by atoms with E-state index >= 15 is 0 Å². The Labute approximate surface area is 148 Å². The van der Waals surface area contributed by atoms with E-state index in [1.807, 2.05) is 43.9 Å². The van der Waals surface area contributed by atoms with Crippen molar-refractivity contribution in [1.29, 1.82) is 0 Å². The maximum atomic E-state index is 12.9. The Bertz CT molecular complexity index is 706. The highest BCUT2D eigenvalue weighted by atomic mass is 16.5. The van der Waals surface area contributed by atoms with Crippen LogP contribution in [0, 0.1) is 13.8 Å². The standard InChI is InChI=1S/C20H26N2O3/c1-13-12-24-20(17-8-6-5-7-9-17)15(3)22(13)19(23)11-10-18-14(2)21-25-16(18)4/h5-9,13,15,20H,10-12H2,1-4H3/t13-,15+,20-/m1/s1. The number of benzene rings is 1. The molecule has 2 aromatic rings. The molecule has 0 unspecified atom stereocenters. The van der Waals surface area contributed by atoms with Gasteiger partial charge in [-0.05, 0) is 39.7 Å². The Kier molecular flexibility index (Phi) is 5.23. The van der Waals surface area contributed by atoms with Crippen LogP contribution < -0.4 is 0 Å². The number of nitrogens with zero attached hydrogens (tertiary/aromatic N) is 2. The molecule has 2 heterocycles. The fourth-order valence-electron chi connectivity index (χ4n) is 3.72. The Balaban J connectivity index is 1.71. The van der Waals surface area contributed by atoms with Gasteiger partial charge in [-0.3, -0.25) is 4.79 Å². The minimum absolute atomic E-state index is 0.00307. The van der Waals surface area contributed by atoms with E-state index in [9.17, 15) is 4.79 Å². The number of carbonyl (C=O) groups excluding carboxylic acids is 1. The van der Waals surface area contributed by atoms with Crippen molar-refractivity contribution in [1.82, 2.24) is 10.1 Å². The summed E-state index contributed by atoms with van der Waals surface area (Å²) < 4.78 is 11.2. The third kappa shape index (κ3) is 3.61. The lowest BCUT2D eigenvalue weighted by molar-refractivity contribution is -0.153. The van der Waals surface area contributed by atoms with E-state index in [1.54, 1.807) is 0 Å². The van der Waals surface area contributed by atoms with Gasteiger partial charge in [0.15, 0.2) is 0 Å². The monoisotopic (exact) mass is 342 g/mol. The molecule has 1 fully saturated rings. The third-order valence-electron chi connectivity index (χ3n) is 5.05. The fraction of sp³-hybridized carbons (Fsp3) is 0.500. The minimum Gasteiger partial charge on any atom is -0.369 e. The van der Waals surface area contributed by atoms with Crippen molar-refractivity contribution < 1.29 is 14.1 Å². The third-order valence-corrected chi connectivity index (χ3v) is 5.05. The zero-order chi connectivity index (χ0) is 18.0. The Hall–Kier alpha value is -2.14. The molecule has 0 spiro atoms. The van der Waals surface area contributed by atoms with Gasteiger partial charge in [0.2, 0.25) is 5.91 Å². The summed E-state index contributed by atoms with van der Waals surface area (Å²) in [5.41, 5.74) is 3.03. The molecule has 0 bridgehead atoms. The number of hydrogen-bond donors (Lipinski definition) is 0. The first-order valence-corrected chi connectivity index (χ1v) is 8.88. The summed E-state index contributed by atoms with van der Waals surface area (Å²) in [7, 11) is 0. The van der Waals surface area contributed by atoms with Gasteiger partial charge in [-0.1, -0.05) is 35.5 Å². The van der Waals surface area contributed by atoms with E-state index in [2.05, 4.69) is 24.2 Å². The van der Waals surface area contributed by atoms with Crippen LogP contribution in [0.1, 0.15) is 49.0 Å². The van der Waals surface area contributed by atoms with E-state index in [4.69, 9.17) is 9.26 Å². The van der Waals surface area contributed by atoms with Crippen molar-refractivity contribution in [2.24, 2.45) is 0 Å². The first kappa shape index (κ1) is 17.7. The molecule has 5 nitrogen and oxygen atoms in total. The molecule has 1 amide bonds. The molecular weight excluding hydrogens is 316 g/mol. The molecule has 3 rings (SSSR count). The van der Waals surface area contributed by atoms with Crippen molar-refractivity contribution in [3.8, 4) is 0 Å². The van der Waals surface area contributed by atoms with E-state index in [0.29, 0.717) is 19.4 Å². The summed E-state index contributed by atoms with van der Waals surface area (Å²) in [5, 5.41) is 3.97. The SMILES string of the molecule is Cc1noc(C)c1CCC(=O)N1[C@H](C)CO[C@@H](c2ccccc2)[C@@H]1C. The van der Waals surface area contributed by atoms with Crippen molar-refractivity contribution in [2.75, 3.05) is 6.61 Å². The first-order valence-electron chi connectivity index (χ1n) is 8.88. The van der Waals surface area contributed by atoms with Gasteiger partial charge in [0.25, 0.3) is 0 Å². The molecule has 1 aromatic carbocycles. The van der Waals surface area contributed by atoms with Gasteiger partial charge in [0.1, 0.15) is 11.9 Å². The van der Waals surface area contributed by atoms with Crippen LogP contribution in [0.3, 0.4) is 0 Å². The number of aryl methyl sites for hydroxylation is 2. The van der Waals surface area contributed by atoms with Gasteiger partial charge < -0.3 is 14.2 Å². The van der Waals surface area contributed by atoms with Crippen LogP contribution in [-0.4, -0.2) is 34.7 Å². The summed E-state index contributed by atoms with van der Waals surface area (Å²) >= 11 is 0. The Morgan fingerprint density at radius 2 is 1.96 bits per heavy atom. The highest BCUT2D eigenvalue weighted by Crippen LogP contribution is 2.31. The van der Waals surface area contributed by atoms with Crippen molar-refractivity contribution in [3.05, 3.63) is 52.9 Å². The lowest BCUT2D eigenvalue weighted by Crippen LogP contribution is -2.53. The zero-order valence-corrected chi connectivity index (χ0v) is 15.4. The van der Waals surface area contributed by atoms with E-state index < -0.39 is 0 Å².